The van der Waals surface area contributed by atoms with Gasteiger partial charge in [0.05, 0.1) is 11.8 Å². The Balaban J connectivity index is 1.51. The first kappa shape index (κ1) is 17.8. The predicted octanol–water partition coefficient (Wildman–Crippen LogP) is 4.15. The number of benzene rings is 2. The summed E-state index contributed by atoms with van der Waals surface area (Å²) in [6.45, 7) is 0.969. The minimum absolute atomic E-state index is 0.0573. The molecule has 0 unspecified atom stereocenters. The maximum Gasteiger partial charge on any atom is 0.416 e. The third kappa shape index (κ3) is 4.05. The lowest BCUT2D eigenvalue weighted by atomic mass is 10.2. The normalized spacial score (nSPS) is 13.1. The second-order valence-electron chi connectivity index (χ2n) is 5.85. The molecule has 4 rings (SSSR count). The molecule has 0 aliphatic carbocycles. The first-order valence-electron chi connectivity index (χ1n) is 8.28. The van der Waals surface area contributed by atoms with Gasteiger partial charge in [-0.1, -0.05) is 6.07 Å². The van der Waals surface area contributed by atoms with Crippen molar-refractivity contribution in [2.24, 2.45) is 0 Å². The molecule has 0 bridgehead atoms. The van der Waals surface area contributed by atoms with Crippen molar-refractivity contribution in [2.75, 3.05) is 23.8 Å². The topological polar surface area (TPSA) is 81.2 Å². The monoisotopic (exact) mass is 389 g/mol. The minimum Gasteiger partial charge on any atom is -0.486 e. The van der Waals surface area contributed by atoms with Gasteiger partial charge in [0.25, 0.3) is 0 Å². The van der Waals surface area contributed by atoms with Crippen LogP contribution in [0, 0.1) is 0 Å². The quantitative estimate of drug-likeness (QED) is 0.694. The van der Waals surface area contributed by atoms with E-state index in [4.69, 9.17) is 9.47 Å². The van der Waals surface area contributed by atoms with Gasteiger partial charge in [-0.2, -0.15) is 23.3 Å². The highest BCUT2D eigenvalue weighted by Gasteiger charge is 2.30. The number of rotatable bonds is 4. The number of alkyl halides is 3. The molecule has 2 aromatic carbocycles. The Kier molecular flexibility index (Phi) is 4.60. The van der Waals surface area contributed by atoms with Crippen molar-refractivity contribution < 1.29 is 22.6 Å². The molecule has 1 aromatic heterocycles. The van der Waals surface area contributed by atoms with Crippen molar-refractivity contribution in [2.45, 2.75) is 6.18 Å². The van der Waals surface area contributed by atoms with Crippen molar-refractivity contribution in [3.8, 4) is 11.5 Å². The summed E-state index contributed by atoms with van der Waals surface area (Å²) in [6, 6.07) is 10.1. The Labute approximate surface area is 157 Å². The zero-order chi connectivity index (χ0) is 19.6. The summed E-state index contributed by atoms with van der Waals surface area (Å²) in [6.07, 6.45) is -3.04. The number of hydrogen-bond donors (Lipinski definition) is 2. The highest BCUT2D eigenvalue weighted by atomic mass is 19.4. The summed E-state index contributed by atoms with van der Waals surface area (Å²) in [5, 5.41) is 13.4. The summed E-state index contributed by atoms with van der Waals surface area (Å²) in [5.74, 6) is 1.69. The average Bonchev–Trinajstić information content (AvgIpc) is 2.68. The maximum absolute atomic E-state index is 12.8. The van der Waals surface area contributed by atoms with E-state index in [9.17, 15) is 13.2 Å². The molecule has 0 saturated heterocycles. The van der Waals surface area contributed by atoms with Gasteiger partial charge in [-0.25, -0.2) is 0 Å². The molecule has 3 aromatic rings. The molecule has 0 atom stereocenters. The molecule has 0 saturated carbocycles. The van der Waals surface area contributed by atoms with E-state index >= 15 is 0 Å². The van der Waals surface area contributed by atoms with Crippen LogP contribution in [-0.4, -0.2) is 28.4 Å². The molecule has 1 aliphatic heterocycles. The summed E-state index contributed by atoms with van der Waals surface area (Å²) >= 11 is 0. The van der Waals surface area contributed by atoms with Gasteiger partial charge in [-0.15, -0.1) is 5.10 Å². The molecular formula is C18H14F3N5O2. The van der Waals surface area contributed by atoms with E-state index in [2.05, 4.69) is 25.8 Å². The van der Waals surface area contributed by atoms with Crippen LogP contribution in [-0.2, 0) is 6.18 Å². The van der Waals surface area contributed by atoms with E-state index in [1.165, 1.54) is 18.3 Å². The minimum atomic E-state index is -4.43. The average molecular weight is 389 g/mol. The largest absolute Gasteiger partial charge is 0.486 e. The van der Waals surface area contributed by atoms with Gasteiger partial charge in [0.1, 0.15) is 13.2 Å². The fourth-order valence-electron chi connectivity index (χ4n) is 2.59. The Morgan fingerprint density at radius 3 is 2.50 bits per heavy atom. The third-order valence-electron chi connectivity index (χ3n) is 3.82. The van der Waals surface area contributed by atoms with Crippen LogP contribution >= 0.6 is 0 Å². The Hall–Kier alpha value is -3.56. The van der Waals surface area contributed by atoms with Crippen LogP contribution < -0.4 is 20.1 Å². The number of nitrogens with one attached hydrogen (secondary N) is 2. The van der Waals surface area contributed by atoms with Gasteiger partial charge in [-0.3, -0.25) is 0 Å². The highest BCUT2D eigenvalue weighted by Crippen LogP contribution is 2.34. The van der Waals surface area contributed by atoms with Gasteiger partial charge in [-0.05, 0) is 30.3 Å². The number of nitrogens with zero attached hydrogens (tertiary/aromatic N) is 3. The molecule has 1 aliphatic rings. The van der Waals surface area contributed by atoms with E-state index in [1.807, 2.05) is 0 Å². The van der Waals surface area contributed by atoms with Crippen LogP contribution in [0.1, 0.15) is 5.56 Å². The van der Waals surface area contributed by atoms with Crippen LogP contribution in [0.2, 0.25) is 0 Å². The predicted molar refractivity (Wildman–Crippen MR) is 95.3 cm³/mol. The van der Waals surface area contributed by atoms with Crippen molar-refractivity contribution in [3.05, 3.63) is 54.2 Å². The summed E-state index contributed by atoms with van der Waals surface area (Å²) in [5.41, 5.74) is 0.124. The van der Waals surface area contributed by atoms with Crippen LogP contribution in [0.5, 0.6) is 11.5 Å². The molecular weight excluding hydrogens is 375 g/mol. The molecule has 2 N–H and O–H groups in total. The number of halogens is 3. The van der Waals surface area contributed by atoms with Crippen LogP contribution in [0.15, 0.2) is 48.7 Å². The van der Waals surface area contributed by atoms with Crippen molar-refractivity contribution in [1.82, 2.24) is 15.2 Å². The highest BCUT2D eigenvalue weighted by molar-refractivity contribution is 5.62. The Morgan fingerprint density at radius 2 is 1.68 bits per heavy atom. The van der Waals surface area contributed by atoms with Gasteiger partial charge < -0.3 is 20.1 Å². The molecule has 7 nitrogen and oxygen atoms in total. The summed E-state index contributed by atoms with van der Waals surface area (Å²) < 4.78 is 49.5. The standard InChI is InChI=1S/C18H14F3N5O2/c19-18(20,21)11-2-1-3-12(8-11)24-17-25-16(10-22-26-17)23-13-4-5-14-15(9-13)28-7-6-27-14/h1-5,8-10H,6-7H2,(H2,23,24,25,26). The Bertz CT molecular complexity index is 997. The van der Waals surface area contributed by atoms with E-state index in [-0.39, 0.29) is 11.6 Å². The van der Waals surface area contributed by atoms with Gasteiger partial charge in [0.15, 0.2) is 17.3 Å². The number of fused-ring (bicyclic) bond motifs is 1. The van der Waals surface area contributed by atoms with Crippen LogP contribution in [0.3, 0.4) is 0 Å². The van der Waals surface area contributed by atoms with E-state index in [0.717, 1.165) is 12.1 Å². The van der Waals surface area contributed by atoms with Gasteiger partial charge in [0.2, 0.25) is 5.95 Å². The molecule has 0 radical (unpaired) electrons. The molecule has 2 heterocycles. The number of ether oxygens (including phenoxy) is 2. The SMILES string of the molecule is FC(F)(F)c1cccc(Nc2nncc(Nc3ccc4c(c3)OCCO4)n2)c1. The van der Waals surface area contributed by atoms with E-state index in [1.54, 1.807) is 18.2 Å². The number of hydrogen-bond acceptors (Lipinski definition) is 7. The molecule has 10 heteroatoms. The first-order chi connectivity index (χ1) is 13.5. The summed E-state index contributed by atoms with van der Waals surface area (Å²) in [4.78, 5) is 4.22. The lowest BCUT2D eigenvalue weighted by Crippen LogP contribution is -2.15. The fraction of sp³-hybridized carbons (Fsp3) is 0.167. The first-order valence-corrected chi connectivity index (χ1v) is 8.28. The summed E-state index contributed by atoms with van der Waals surface area (Å²) in [7, 11) is 0. The number of aromatic nitrogens is 3. The second kappa shape index (κ2) is 7.22. The molecule has 0 spiro atoms. The zero-order valence-electron chi connectivity index (χ0n) is 14.3. The molecule has 0 amide bonds. The van der Waals surface area contributed by atoms with Crippen molar-refractivity contribution >= 4 is 23.1 Å². The molecule has 0 fully saturated rings. The number of anilines is 4. The maximum atomic E-state index is 12.8. The van der Waals surface area contributed by atoms with Crippen molar-refractivity contribution in [3.63, 3.8) is 0 Å². The van der Waals surface area contributed by atoms with Gasteiger partial charge in [0, 0.05) is 17.4 Å². The molecule has 144 valence electrons. The zero-order valence-corrected chi connectivity index (χ0v) is 14.3. The van der Waals surface area contributed by atoms with Crippen molar-refractivity contribution in [1.29, 1.82) is 0 Å². The second-order valence-corrected chi connectivity index (χ2v) is 5.85. The Morgan fingerprint density at radius 1 is 0.893 bits per heavy atom. The molecule has 28 heavy (non-hydrogen) atoms. The van der Waals surface area contributed by atoms with E-state index in [0.29, 0.717) is 36.2 Å². The van der Waals surface area contributed by atoms with Gasteiger partial charge >= 0.3 is 6.18 Å². The van der Waals surface area contributed by atoms with Crippen LogP contribution in [0.25, 0.3) is 0 Å². The fourth-order valence-corrected chi connectivity index (χ4v) is 2.59. The third-order valence-corrected chi connectivity index (χ3v) is 3.82. The smallest absolute Gasteiger partial charge is 0.416 e. The lowest BCUT2D eigenvalue weighted by molar-refractivity contribution is -0.137. The van der Waals surface area contributed by atoms with E-state index < -0.39 is 11.7 Å². The van der Waals surface area contributed by atoms with Crippen LogP contribution in [0.4, 0.5) is 36.3 Å². The lowest BCUT2D eigenvalue weighted by Gasteiger charge is -2.19.